The summed E-state index contributed by atoms with van der Waals surface area (Å²) < 4.78 is 27.6. The molecule has 0 aliphatic heterocycles. The maximum Gasteiger partial charge on any atom is 0.242 e. The van der Waals surface area contributed by atoms with Crippen LogP contribution in [0.3, 0.4) is 0 Å². The number of nitrogens with two attached hydrogens (primary N) is 1. The fourth-order valence-electron chi connectivity index (χ4n) is 3.38. The fourth-order valence-corrected chi connectivity index (χ4v) is 5.23. The van der Waals surface area contributed by atoms with Crippen molar-refractivity contribution in [1.29, 1.82) is 0 Å². The number of hydrogen-bond acceptors (Lipinski definition) is 3. The maximum atomic E-state index is 12.4. The Kier molecular flexibility index (Phi) is 3.23. The summed E-state index contributed by atoms with van der Waals surface area (Å²) >= 11 is 5.97. The molecule has 0 radical (unpaired) electrons. The normalized spacial score (nSPS) is 29.8. The lowest BCUT2D eigenvalue weighted by atomic mass is 9.96. The standard InChI is InChI=1S/C13H17ClN2O2S/c14-11-4-3-10(15)7-13(11)19(17,18)16-12-6-8-1-2-9(12)5-8/h3-4,7-9,12,16H,1-2,5-6,15H2. The topological polar surface area (TPSA) is 72.2 Å². The second-order valence-corrected chi connectivity index (χ2v) is 7.68. The van der Waals surface area contributed by atoms with Crippen molar-refractivity contribution in [2.45, 2.75) is 36.6 Å². The van der Waals surface area contributed by atoms with Gasteiger partial charge in [0.15, 0.2) is 0 Å². The van der Waals surface area contributed by atoms with Gasteiger partial charge in [-0.25, -0.2) is 13.1 Å². The van der Waals surface area contributed by atoms with E-state index in [1.54, 1.807) is 6.07 Å². The lowest BCUT2D eigenvalue weighted by molar-refractivity contribution is 0.390. The summed E-state index contributed by atoms with van der Waals surface area (Å²) in [6.45, 7) is 0. The van der Waals surface area contributed by atoms with Crippen LogP contribution >= 0.6 is 11.6 Å². The highest BCUT2D eigenvalue weighted by Gasteiger charge is 2.41. The van der Waals surface area contributed by atoms with E-state index in [2.05, 4.69) is 4.72 Å². The number of nitrogen functional groups attached to an aromatic ring is 1. The first kappa shape index (κ1) is 13.2. The minimum Gasteiger partial charge on any atom is -0.399 e. The van der Waals surface area contributed by atoms with E-state index in [0.717, 1.165) is 19.3 Å². The summed E-state index contributed by atoms with van der Waals surface area (Å²) in [6, 6.07) is 4.59. The van der Waals surface area contributed by atoms with E-state index in [4.69, 9.17) is 17.3 Å². The van der Waals surface area contributed by atoms with Crippen LogP contribution in [0.4, 0.5) is 5.69 Å². The molecule has 4 nitrogen and oxygen atoms in total. The minimum absolute atomic E-state index is 0.0567. The third-order valence-electron chi connectivity index (χ3n) is 4.29. The zero-order valence-corrected chi connectivity index (χ0v) is 12.0. The van der Waals surface area contributed by atoms with Crippen LogP contribution in [0.25, 0.3) is 0 Å². The molecule has 3 unspecified atom stereocenters. The molecule has 1 aromatic rings. The number of rotatable bonds is 3. The average molecular weight is 301 g/mol. The first-order valence-corrected chi connectivity index (χ1v) is 8.39. The van der Waals surface area contributed by atoms with Crippen LogP contribution in [-0.2, 0) is 10.0 Å². The maximum absolute atomic E-state index is 12.4. The van der Waals surface area contributed by atoms with Crippen molar-refractivity contribution in [2.24, 2.45) is 11.8 Å². The lowest BCUT2D eigenvalue weighted by Gasteiger charge is -2.23. The van der Waals surface area contributed by atoms with Crippen LogP contribution in [0.15, 0.2) is 23.1 Å². The zero-order chi connectivity index (χ0) is 13.6. The highest BCUT2D eigenvalue weighted by atomic mass is 35.5. The molecule has 0 saturated heterocycles. The van der Waals surface area contributed by atoms with Crippen molar-refractivity contribution in [3.8, 4) is 0 Å². The number of nitrogens with one attached hydrogen (secondary N) is 1. The number of sulfonamides is 1. The molecular formula is C13H17ClN2O2S. The molecule has 0 spiro atoms. The number of benzene rings is 1. The van der Waals surface area contributed by atoms with Gasteiger partial charge in [-0.1, -0.05) is 18.0 Å². The summed E-state index contributed by atoms with van der Waals surface area (Å²) in [5, 5.41) is 0.213. The SMILES string of the molecule is Nc1ccc(Cl)c(S(=O)(=O)NC2CC3CCC2C3)c1. The molecule has 2 saturated carbocycles. The molecule has 2 bridgehead atoms. The van der Waals surface area contributed by atoms with Gasteiger partial charge in [0.1, 0.15) is 4.90 Å². The lowest BCUT2D eigenvalue weighted by Crippen LogP contribution is -2.38. The quantitative estimate of drug-likeness (QED) is 0.842. The van der Waals surface area contributed by atoms with Crippen LogP contribution in [0, 0.1) is 11.8 Å². The highest BCUT2D eigenvalue weighted by molar-refractivity contribution is 7.89. The Bertz CT molecular complexity index is 603. The predicted octanol–water partition coefficient (Wildman–Crippen LogP) is 2.39. The van der Waals surface area contributed by atoms with E-state index in [0.29, 0.717) is 17.5 Å². The minimum atomic E-state index is -3.58. The van der Waals surface area contributed by atoms with Crippen molar-refractivity contribution in [2.75, 3.05) is 5.73 Å². The summed E-state index contributed by atoms with van der Waals surface area (Å²) in [6.07, 6.45) is 4.46. The number of hydrogen-bond donors (Lipinski definition) is 2. The van der Waals surface area contributed by atoms with Gasteiger partial charge in [-0.15, -0.1) is 0 Å². The Morgan fingerprint density at radius 3 is 2.68 bits per heavy atom. The summed E-state index contributed by atoms with van der Waals surface area (Å²) in [7, 11) is -3.58. The van der Waals surface area contributed by atoms with Crippen molar-refractivity contribution in [3.05, 3.63) is 23.2 Å². The molecule has 3 N–H and O–H groups in total. The number of halogens is 1. The van der Waals surface area contributed by atoms with Crippen molar-refractivity contribution < 1.29 is 8.42 Å². The van der Waals surface area contributed by atoms with Gasteiger partial charge in [-0.2, -0.15) is 0 Å². The number of anilines is 1. The molecule has 2 fully saturated rings. The first-order chi connectivity index (χ1) is 8.95. The second kappa shape index (κ2) is 4.65. The van der Waals surface area contributed by atoms with Crippen molar-refractivity contribution in [1.82, 2.24) is 4.72 Å². The molecule has 19 heavy (non-hydrogen) atoms. The third kappa shape index (κ3) is 2.47. The van der Waals surface area contributed by atoms with Gasteiger partial charge in [0.2, 0.25) is 10.0 Å². The molecule has 3 rings (SSSR count). The Morgan fingerprint density at radius 2 is 2.05 bits per heavy atom. The molecule has 0 amide bonds. The Balaban J connectivity index is 1.85. The summed E-state index contributed by atoms with van der Waals surface area (Å²) in [4.78, 5) is 0.0805. The highest BCUT2D eigenvalue weighted by Crippen LogP contribution is 2.45. The van der Waals surface area contributed by atoms with Crippen LogP contribution in [0.2, 0.25) is 5.02 Å². The van der Waals surface area contributed by atoms with Crippen LogP contribution in [0.1, 0.15) is 25.7 Å². The summed E-state index contributed by atoms with van der Waals surface area (Å²) in [5.41, 5.74) is 6.04. The molecule has 0 heterocycles. The molecule has 1 aromatic carbocycles. The predicted molar refractivity (Wildman–Crippen MR) is 75.4 cm³/mol. The molecule has 0 aromatic heterocycles. The van der Waals surface area contributed by atoms with E-state index in [-0.39, 0.29) is 16.0 Å². The first-order valence-electron chi connectivity index (χ1n) is 6.53. The van der Waals surface area contributed by atoms with Gasteiger partial charge in [0.25, 0.3) is 0 Å². The van der Waals surface area contributed by atoms with E-state index in [9.17, 15) is 8.42 Å². The van der Waals surface area contributed by atoms with Crippen molar-refractivity contribution in [3.63, 3.8) is 0 Å². The Hall–Kier alpha value is -0.780. The van der Waals surface area contributed by atoms with Crippen LogP contribution < -0.4 is 10.5 Å². The van der Waals surface area contributed by atoms with Gasteiger partial charge >= 0.3 is 0 Å². The largest absolute Gasteiger partial charge is 0.399 e. The van der Waals surface area contributed by atoms with Gasteiger partial charge in [0.05, 0.1) is 5.02 Å². The van der Waals surface area contributed by atoms with Gasteiger partial charge in [0, 0.05) is 11.7 Å². The molecule has 104 valence electrons. The molecule has 3 atom stereocenters. The fraction of sp³-hybridized carbons (Fsp3) is 0.538. The monoisotopic (exact) mass is 300 g/mol. The third-order valence-corrected chi connectivity index (χ3v) is 6.26. The van der Waals surface area contributed by atoms with Gasteiger partial charge in [-0.05, 0) is 49.3 Å². The van der Waals surface area contributed by atoms with Crippen LogP contribution in [0.5, 0.6) is 0 Å². The molecule has 2 aliphatic carbocycles. The average Bonchev–Trinajstić information content (AvgIpc) is 2.93. The van der Waals surface area contributed by atoms with E-state index < -0.39 is 10.0 Å². The van der Waals surface area contributed by atoms with E-state index in [1.807, 2.05) is 0 Å². The Labute approximate surface area is 118 Å². The van der Waals surface area contributed by atoms with Gasteiger partial charge < -0.3 is 5.73 Å². The number of fused-ring (bicyclic) bond motifs is 2. The van der Waals surface area contributed by atoms with Crippen molar-refractivity contribution >= 4 is 27.3 Å². The van der Waals surface area contributed by atoms with E-state index in [1.165, 1.54) is 18.6 Å². The van der Waals surface area contributed by atoms with Crippen LogP contribution in [-0.4, -0.2) is 14.5 Å². The van der Waals surface area contributed by atoms with Gasteiger partial charge in [-0.3, -0.25) is 0 Å². The molecule has 2 aliphatic rings. The Morgan fingerprint density at radius 1 is 1.26 bits per heavy atom. The second-order valence-electron chi connectivity index (χ2n) is 5.59. The molecule has 6 heteroatoms. The zero-order valence-electron chi connectivity index (χ0n) is 10.5. The smallest absolute Gasteiger partial charge is 0.242 e. The summed E-state index contributed by atoms with van der Waals surface area (Å²) in [5.74, 6) is 1.17. The van der Waals surface area contributed by atoms with E-state index >= 15 is 0 Å². The molecular weight excluding hydrogens is 284 g/mol.